The Hall–Kier alpha value is -1.35. The fourth-order valence-corrected chi connectivity index (χ4v) is 2.22. The second-order valence-electron chi connectivity index (χ2n) is 8.21. The molecular weight excluding hydrogens is 274 g/mol. The normalized spacial score (nSPS) is 12.6. The van der Waals surface area contributed by atoms with Crippen molar-refractivity contribution < 1.29 is 9.53 Å². The van der Waals surface area contributed by atoms with Gasteiger partial charge in [0.15, 0.2) is 6.29 Å². The second kappa shape index (κ2) is 6.82. The Balaban J connectivity index is 3.36. The molecule has 0 amide bonds. The van der Waals surface area contributed by atoms with E-state index < -0.39 is 0 Å². The lowest BCUT2D eigenvalue weighted by molar-refractivity contribution is 0.111. The maximum Gasteiger partial charge on any atom is 0.153 e. The number of likely N-dealkylation sites (N-methyl/N-ethyl adjacent to an activating group) is 1. The van der Waals surface area contributed by atoms with Crippen LogP contribution in [0.4, 0.5) is 0 Å². The summed E-state index contributed by atoms with van der Waals surface area (Å²) >= 11 is 0. The summed E-state index contributed by atoms with van der Waals surface area (Å²) in [7, 11) is 4.02. The van der Waals surface area contributed by atoms with E-state index in [1.165, 1.54) is 5.56 Å². The van der Waals surface area contributed by atoms with E-state index in [0.29, 0.717) is 12.2 Å². The fourth-order valence-electron chi connectivity index (χ4n) is 2.22. The van der Waals surface area contributed by atoms with Gasteiger partial charge in [-0.2, -0.15) is 0 Å². The highest BCUT2D eigenvalue weighted by Crippen LogP contribution is 2.37. The van der Waals surface area contributed by atoms with Crippen molar-refractivity contribution in [1.29, 1.82) is 0 Å². The van der Waals surface area contributed by atoms with E-state index in [2.05, 4.69) is 52.5 Å². The quantitative estimate of drug-likeness (QED) is 0.769. The van der Waals surface area contributed by atoms with Gasteiger partial charge in [0, 0.05) is 12.1 Å². The van der Waals surface area contributed by atoms with Gasteiger partial charge in [0.1, 0.15) is 12.4 Å². The number of carbonyl (C=O) groups is 1. The standard InChI is InChI=1S/C19H31NO2/c1-18(2,3)15-11-14(13-21)17(22-10-9-20(7)8)16(12-15)19(4,5)6/h11-13H,9-10H2,1-8H3. The molecule has 0 N–H and O–H groups in total. The first-order chi connectivity index (χ1) is 9.96. The van der Waals surface area contributed by atoms with Crippen LogP contribution in [0.1, 0.15) is 63.0 Å². The summed E-state index contributed by atoms with van der Waals surface area (Å²) in [5, 5.41) is 0. The van der Waals surface area contributed by atoms with Crippen LogP contribution in [0.15, 0.2) is 12.1 Å². The summed E-state index contributed by atoms with van der Waals surface area (Å²) in [5.74, 6) is 0.734. The van der Waals surface area contributed by atoms with Gasteiger partial charge in [-0.1, -0.05) is 47.6 Å². The first kappa shape index (κ1) is 18.7. The smallest absolute Gasteiger partial charge is 0.153 e. The van der Waals surface area contributed by atoms with E-state index in [0.717, 1.165) is 24.1 Å². The molecule has 124 valence electrons. The molecule has 22 heavy (non-hydrogen) atoms. The third-order valence-electron chi connectivity index (χ3n) is 3.70. The van der Waals surface area contributed by atoms with Crippen LogP contribution in [0.5, 0.6) is 5.75 Å². The Bertz CT molecular complexity index is 519. The first-order valence-corrected chi connectivity index (χ1v) is 7.88. The molecule has 0 bridgehead atoms. The zero-order chi connectivity index (χ0) is 17.1. The van der Waals surface area contributed by atoms with Crippen molar-refractivity contribution in [3.63, 3.8) is 0 Å². The summed E-state index contributed by atoms with van der Waals surface area (Å²) < 4.78 is 5.99. The van der Waals surface area contributed by atoms with Crippen molar-refractivity contribution >= 4 is 6.29 Å². The van der Waals surface area contributed by atoms with Gasteiger partial charge in [0.05, 0.1) is 5.56 Å². The van der Waals surface area contributed by atoms with E-state index >= 15 is 0 Å². The highest BCUT2D eigenvalue weighted by Gasteiger charge is 2.25. The molecule has 0 aromatic heterocycles. The Kier molecular flexibility index (Phi) is 5.80. The molecular formula is C19H31NO2. The number of benzene rings is 1. The summed E-state index contributed by atoms with van der Waals surface area (Å²) in [6, 6.07) is 4.16. The van der Waals surface area contributed by atoms with Crippen LogP contribution in [0.2, 0.25) is 0 Å². The van der Waals surface area contributed by atoms with Gasteiger partial charge in [-0.15, -0.1) is 0 Å². The monoisotopic (exact) mass is 305 g/mol. The molecule has 0 aliphatic heterocycles. The van der Waals surface area contributed by atoms with Crippen LogP contribution in [-0.4, -0.2) is 38.4 Å². The summed E-state index contributed by atoms with van der Waals surface area (Å²) in [5.41, 5.74) is 2.84. The third kappa shape index (κ3) is 4.84. The van der Waals surface area contributed by atoms with Crippen LogP contribution < -0.4 is 4.74 Å². The number of hydrogen-bond donors (Lipinski definition) is 0. The van der Waals surface area contributed by atoms with Crippen molar-refractivity contribution in [2.75, 3.05) is 27.2 Å². The average molecular weight is 305 g/mol. The molecule has 0 aliphatic rings. The summed E-state index contributed by atoms with van der Waals surface area (Å²) in [6.45, 7) is 14.4. The lowest BCUT2D eigenvalue weighted by atomic mass is 9.79. The fraction of sp³-hybridized carbons (Fsp3) is 0.632. The third-order valence-corrected chi connectivity index (χ3v) is 3.70. The van der Waals surface area contributed by atoms with Crippen molar-refractivity contribution in [3.8, 4) is 5.75 Å². The van der Waals surface area contributed by atoms with E-state index in [-0.39, 0.29) is 10.8 Å². The minimum Gasteiger partial charge on any atom is -0.491 e. The minimum atomic E-state index is -0.0769. The van der Waals surface area contributed by atoms with Crippen LogP contribution in [0, 0.1) is 0 Å². The van der Waals surface area contributed by atoms with Gasteiger partial charge in [-0.3, -0.25) is 4.79 Å². The molecule has 0 aliphatic carbocycles. The molecule has 0 spiro atoms. The molecule has 1 aromatic carbocycles. The van der Waals surface area contributed by atoms with Crippen molar-refractivity contribution in [2.45, 2.75) is 52.4 Å². The molecule has 0 heterocycles. The van der Waals surface area contributed by atoms with Crippen molar-refractivity contribution in [1.82, 2.24) is 4.90 Å². The molecule has 0 radical (unpaired) electrons. The average Bonchev–Trinajstić information content (AvgIpc) is 2.35. The minimum absolute atomic E-state index is 0.0000731. The maximum absolute atomic E-state index is 11.6. The SMILES string of the molecule is CN(C)CCOc1c(C=O)cc(C(C)(C)C)cc1C(C)(C)C. The Labute approximate surface area is 135 Å². The molecule has 0 saturated carbocycles. The number of hydrogen-bond acceptors (Lipinski definition) is 3. The van der Waals surface area contributed by atoms with Gasteiger partial charge >= 0.3 is 0 Å². The van der Waals surface area contributed by atoms with E-state index in [1.807, 2.05) is 20.2 Å². The number of rotatable bonds is 5. The lowest BCUT2D eigenvalue weighted by Gasteiger charge is -2.28. The molecule has 1 aromatic rings. The zero-order valence-corrected chi connectivity index (χ0v) is 15.4. The number of ether oxygens (including phenoxy) is 1. The highest BCUT2D eigenvalue weighted by molar-refractivity contribution is 5.81. The number of nitrogens with zero attached hydrogens (tertiary/aromatic N) is 1. The largest absolute Gasteiger partial charge is 0.491 e. The number of carbonyl (C=O) groups excluding carboxylic acids is 1. The van der Waals surface area contributed by atoms with Gasteiger partial charge < -0.3 is 9.64 Å². The van der Waals surface area contributed by atoms with Gasteiger partial charge in [-0.25, -0.2) is 0 Å². The predicted molar refractivity (Wildman–Crippen MR) is 93.3 cm³/mol. The summed E-state index contributed by atoms with van der Waals surface area (Å²) in [4.78, 5) is 13.7. The maximum atomic E-state index is 11.6. The molecule has 3 heteroatoms. The van der Waals surface area contributed by atoms with Crippen LogP contribution in [-0.2, 0) is 10.8 Å². The van der Waals surface area contributed by atoms with Crippen LogP contribution in [0.3, 0.4) is 0 Å². The van der Waals surface area contributed by atoms with Crippen LogP contribution >= 0.6 is 0 Å². The van der Waals surface area contributed by atoms with Crippen LogP contribution in [0.25, 0.3) is 0 Å². The highest BCUT2D eigenvalue weighted by atomic mass is 16.5. The summed E-state index contributed by atoms with van der Waals surface area (Å²) in [6.07, 6.45) is 0.912. The molecule has 0 atom stereocenters. The molecule has 0 saturated heterocycles. The van der Waals surface area contributed by atoms with Gasteiger partial charge in [0.25, 0.3) is 0 Å². The van der Waals surface area contributed by atoms with Crippen molar-refractivity contribution in [3.05, 3.63) is 28.8 Å². The number of aldehydes is 1. The second-order valence-corrected chi connectivity index (χ2v) is 8.21. The Morgan fingerprint density at radius 1 is 1.05 bits per heavy atom. The van der Waals surface area contributed by atoms with E-state index in [4.69, 9.17) is 4.74 Å². The Morgan fingerprint density at radius 3 is 2.05 bits per heavy atom. The molecule has 3 nitrogen and oxygen atoms in total. The molecule has 0 unspecified atom stereocenters. The zero-order valence-electron chi connectivity index (χ0n) is 15.4. The van der Waals surface area contributed by atoms with Crippen molar-refractivity contribution in [2.24, 2.45) is 0 Å². The molecule has 0 fully saturated rings. The predicted octanol–water partition coefficient (Wildman–Crippen LogP) is 4.03. The Morgan fingerprint density at radius 2 is 1.64 bits per heavy atom. The van der Waals surface area contributed by atoms with Gasteiger partial charge in [0.2, 0.25) is 0 Å². The van der Waals surface area contributed by atoms with E-state index in [1.54, 1.807) is 0 Å². The van der Waals surface area contributed by atoms with E-state index in [9.17, 15) is 4.79 Å². The van der Waals surface area contributed by atoms with Gasteiger partial charge in [-0.05, 0) is 36.6 Å². The first-order valence-electron chi connectivity index (χ1n) is 7.88. The lowest BCUT2D eigenvalue weighted by Crippen LogP contribution is -2.23. The topological polar surface area (TPSA) is 29.5 Å². The molecule has 1 rings (SSSR count).